The van der Waals surface area contributed by atoms with Crippen LogP contribution in [0.1, 0.15) is 161 Å². The van der Waals surface area contributed by atoms with E-state index >= 15 is 0 Å². The van der Waals surface area contributed by atoms with Crippen molar-refractivity contribution in [2.45, 2.75) is 161 Å². The summed E-state index contributed by atoms with van der Waals surface area (Å²) in [5.74, 6) is -1.92. The maximum absolute atomic E-state index is 11.9. The second-order valence-electron chi connectivity index (χ2n) is 13.1. The van der Waals surface area contributed by atoms with Crippen LogP contribution in [0, 0.1) is 0 Å². The van der Waals surface area contributed by atoms with Gasteiger partial charge in [-0.2, -0.15) is 0 Å². The van der Waals surface area contributed by atoms with Crippen LogP contribution in [0.4, 0.5) is 0 Å². The number of carbonyl (C=O) groups excluding carboxylic acids is 7. The van der Waals surface area contributed by atoms with Crippen LogP contribution in [0.5, 0.6) is 0 Å². The first-order valence-corrected chi connectivity index (χ1v) is 20.4. The first-order chi connectivity index (χ1) is 26.7. The van der Waals surface area contributed by atoms with Crippen LogP contribution in [0.25, 0.3) is 0 Å². The number of unbranched alkanes of at least 4 members (excludes halogenated alkanes) is 12. The molecule has 0 spiro atoms. The van der Waals surface area contributed by atoms with Gasteiger partial charge in [-0.1, -0.05) is 6.58 Å². The normalized spacial score (nSPS) is 10.6. The Kier molecular flexibility index (Phi) is 35.5. The van der Waals surface area contributed by atoms with Crippen molar-refractivity contribution in [3.05, 3.63) is 12.7 Å². The van der Waals surface area contributed by atoms with Crippen molar-refractivity contribution in [2.75, 3.05) is 46.2 Å². The molecule has 0 rings (SSSR count). The van der Waals surface area contributed by atoms with Gasteiger partial charge in [0, 0.05) is 44.6 Å². The average Bonchev–Trinajstić information content (AvgIpc) is 3.16. The van der Waals surface area contributed by atoms with Crippen molar-refractivity contribution in [1.29, 1.82) is 0 Å². The first kappa shape index (κ1) is 51.0. The molecule has 0 aliphatic rings. The van der Waals surface area contributed by atoms with Gasteiger partial charge in [-0.25, -0.2) is 4.79 Å². The topological polar surface area (TPSA) is 184 Å². The van der Waals surface area contributed by atoms with Gasteiger partial charge in [0.25, 0.3) is 0 Å². The van der Waals surface area contributed by atoms with Crippen LogP contribution in [-0.4, -0.2) is 88.0 Å². The van der Waals surface area contributed by atoms with Gasteiger partial charge in [-0.15, -0.1) is 0 Å². The Bertz CT molecular complexity index is 1070. The van der Waals surface area contributed by atoms with Crippen LogP contribution >= 0.6 is 0 Å². The summed E-state index contributed by atoms with van der Waals surface area (Å²) >= 11 is 0. The summed E-state index contributed by atoms with van der Waals surface area (Å²) in [6, 6.07) is 0. The lowest BCUT2D eigenvalue weighted by atomic mass is 10.2. The van der Waals surface area contributed by atoms with Crippen LogP contribution in [-0.2, 0) is 66.7 Å². The van der Waals surface area contributed by atoms with E-state index in [1.165, 1.54) is 0 Å². The zero-order chi connectivity index (χ0) is 40.6. The third kappa shape index (κ3) is 38.1. The maximum atomic E-state index is 11.9. The van der Waals surface area contributed by atoms with E-state index in [4.69, 9.17) is 33.2 Å². The van der Waals surface area contributed by atoms with E-state index in [0.717, 1.165) is 57.4 Å². The molecule has 55 heavy (non-hydrogen) atoms. The molecule has 0 aliphatic carbocycles. The number of ether oxygens (including phenoxy) is 7. The highest BCUT2D eigenvalue weighted by molar-refractivity contribution is 5.81. The smallest absolute Gasteiger partial charge is 0.330 e. The van der Waals surface area contributed by atoms with E-state index < -0.39 is 5.97 Å². The average molecular weight is 785 g/mol. The van der Waals surface area contributed by atoms with Gasteiger partial charge < -0.3 is 33.2 Å². The van der Waals surface area contributed by atoms with E-state index in [9.17, 15) is 33.6 Å². The fourth-order valence-corrected chi connectivity index (χ4v) is 5.04. The summed E-state index contributed by atoms with van der Waals surface area (Å²) < 4.78 is 35.9. The van der Waals surface area contributed by atoms with Crippen molar-refractivity contribution < 1.29 is 66.7 Å². The Morgan fingerprint density at radius 3 is 0.764 bits per heavy atom. The van der Waals surface area contributed by atoms with Crippen molar-refractivity contribution >= 4 is 41.8 Å². The van der Waals surface area contributed by atoms with E-state index in [0.29, 0.717) is 149 Å². The fourth-order valence-electron chi connectivity index (χ4n) is 5.04. The summed E-state index contributed by atoms with van der Waals surface area (Å²) in [7, 11) is 0. The lowest BCUT2D eigenvalue weighted by Crippen LogP contribution is -2.08. The van der Waals surface area contributed by atoms with E-state index in [1.54, 1.807) is 6.92 Å². The van der Waals surface area contributed by atoms with Gasteiger partial charge in [0.1, 0.15) is 0 Å². The molecular weight excluding hydrogens is 716 g/mol. The minimum Gasteiger partial charge on any atom is -0.466 e. The summed E-state index contributed by atoms with van der Waals surface area (Å²) in [5.41, 5.74) is 0. The number of esters is 7. The predicted molar refractivity (Wildman–Crippen MR) is 203 cm³/mol. The van der Waals surface area contributed by atoms with Crippen LogP contribution in [0.3, 0.4) is 0 Å². The van der Waals surface area contributed by atoms with E-state index in [1.807, 2.05) is 0 Å². The molecule has 0 amide bonds. The standard InChI is InChI=1S/C41H68O14/c1-3-35(42)50-29-17-6-12-24-37(44)52-31-19-8-14-26-39(46)54-33-21-10-16-28-41(48)55-34-22-9-15-27-40(47)53-32-20-7-13-25-38(45)51-30-18-5-11-23-36(43)49-4-2/h3H,1,4-34H2,2H3. The Balaban J connectivity index is 3.47. The molecule has 14 heteroatoms. The maximum Gasteiger partial charge on any atom is 0.330 e. The second-order valence-corrected chi connectivity index (χ2v) is 13.1. The van der Waals surface area contributed by atoms with Gasteiger partial charge in [0.15, 0.2) is 0 Å². The third-order valence-electron chi connectivity index (χ3n) is 8.18. The predicted octanol–water partition coefficient (Wildman–Crippen LogP) is 7.36. The molecule has 0 N–H and O–H groups in total. The van der Waals surface area contributed by atoms with Crippen molar-refractivity contribution in [1.82, 2.24) is 0 Å². The molecule has 0 unspecified atom stereocenters. The van der Waals surface area contributed by atoms with Crippen LogP contribution < -0.4 is 0 Å². The van der Waals surface area contributed by atoms with Crippen molar-refractivity contribution in [3.8, 4) is 0 Å². The Hall–Kier alpha value is -3.97. The SMILES string of the molecule is C=CC(=O)OCCCCCC(=O)OCCCCCC(=O)OCCCCCC(=O)OCCCCCC(=O)OCCCCCC(=O)OCCCCCC(=O)OCC. The van der Waals surface area contributed by atoms with Crippen LogP contribution in [0.2, 0.25) is 0 Å². The van der Waals surface area contributed by atoms with E-state index in [-0.39, 0.29) is 35.8 Å². The largest absolute Gasteiger partial charge is 0.466 e. The zero-order valence-corrected chi connectivity index (χ0v) is 33.4. The molecule has 0 fully saturated rings. The minimum atomic E-state index is -0.449. The number of rotatable bonds is 38. The van der Waals surface area contributed by atoms with E-state index in [2.05, 4.69) is 6.58 Å². The third-order valence-corrected chi connectivity index (χ3v) is 8.18. The monoisotopic (exact) mass is 784 g/mol. The molecule has 316 valence electrons. The quantitative estimate of drug-likeness (QED) is 0.0262. The highest BCUT2D eigenvalue weighted by Gasteiger charge is 2.08. The molecule has 0 bridgehead atoms. The van der Waals surface area contributed by atoms with Crippen molar-refractivity contribution in [3.63, 3.8) is 0 Å². The molecule has 0 saturated heterocycles. The fraction of sp³-hybridized carbons (Fsp3) is 0.780. The molecule has 0 aromatic heterocycles. The highest BCUT2D eigenvalue weighted by Crippen LogP contribution is 2.09. The summed E-state index contributed by atoms with van der Waals surface area (Å²) in [6.07, 6.45) is 15.8. The van der Waals surface area contributed by atoms with Crippen molar-refractivity contribution in [2.24, 2.45) is 0 Å². The molecule has 0 aliphatic heterocycles. The Morgan fingerprint density at radius 1 is 0.327 bits per heavy atom. The van der Waals surface area contributed by atoms with Gasteiger partial charge in [-0.3, -0.25) is 28.8 Å². The highest BCUT2D eigenvalue weighted by atomic mass is 16.6. The molecule has 0 saturated carbocycles. The van der Waals surface area contributed by atoms with Gasteiger partial charge in [-0.05, 0) is 122 Å². The van der Waals surface area contributed by atoms with Crippen LogP contribution in [0.15, 0.2) is 12.7 Å². The molecule has 0 heterocycles. The molecular formula is C41H68O14. The lowest BCUT2D eigenvalue weighted by molar-refractivity contribution is -0.145. The molecule has 0 aromatic rings. The van der Waals surface area contributed by atoms with Gasteiger partial charge in [0.2, 0.25) is 0 Å². The molecule has 14 nitrogen and oxygen atoms in total. The summed E-state index contributed by atoms with van der Waals surface area (Å²) in [6.45, 7) is 7.41. The second kappa shape index (κ2) is 38.3. The summed E-state index contributed by atoms with van der Waals surface area (Å²) in [5, 5.41) is 0. The van der Waals surface area contributed by atoms with Gasteiger partial charge in [0.05, 0.1) is 46.2 Å². The number of carbonyl (C=O) groups is 7. The lowest BCUT2D eigenvalue weighted by Gasteiger charge is -2.07. The summed E-state index contributed by atoms with van der Waals surface area (Å²) in [4.78, 5) is 81.5. The number of hydrogen-bond acceptors (Lipinski definition) is 14. The minimum absolute atomic E-state index is 0.199. The number of hydrogen-bond donors (Lipinski definition) is 0. The Labute approximate surface area is 328 Å². The van der Waals surface area contributed by atoms with Gasteiger partial charge >= 0.3 is 41.8 Å². The Morgan fingerprint density at radius 2 is 0.545 bits per heavy atom. The molecule has 0 atom stereocenters. The molecule has 0 radical (unpaired) electrons. The zero-order valence-electron chi connectivity index (χ0n) is 33.4. The first-order valence-electron chi connectivity index (χ1n) is 20.4. The molecule has 0 aromatic carbocycles.